The number of fused-ring (bicyclic) bond motifs is 1. The van der Waals surface area contributed by atoms with Crippen molar-refractivity contribution in [3.63, 3.8) is 0 Å². The Morgan fingerprint density at radius 3 is 1.80 bits per heavy atom. The number of hydrogen-bond acceptors (Lipinski definition) is 4. The lowest BCUT2D eigenvalue weighted by molar-refractivity contribution is -0.116. The minimum atomic E-state index is -0.550. The molecule has 0 unspecified atom stereocenters. The lowest BCUT2D eigenvalue weighted by Crippen LogP contribution is -2.50. The molecule has 0 spiro atoms. The quantitative estimate of drug-likeness (QED) is 0.160. The third kappa shape index (κ3) is 5.99. The predicted molar refractivity (Wildman–Crippen MR) is 194 cm³/mol. The van der Waals surface area contributed by atoms with E-state index >= 15 is 0 Å². The summed E-state index contributed by atoms with van der Waals surface area (Å²) >= 11 is 7.26. The number of allylic oxidation sites excluding steroid dienone is 1. The van der Waals surface area contributed by atoms with Crippen LogP contribution in [0.2, 0.25) is 0 Å². The van der Waals surface area contributed by atoms with Gasteiger partial charge in [-0.3, -0.25) is 4.79 Å². The Labute approximate surface area is 277 Å². The van der Waals surface area contributed by atoms with Gasteiger partial charge in [0.25, 0.3) is 0 Å². The lowest BCUT2D eigenvalue weighted by Gasteiger charge is -2.43. The number of amides is 1. The van der Waals surface area contributed by atoms with Gasteiger partial charge in [-0.2, -0.15) is 0 Å². The number of thiocarbonyl (C=S) groups is 1. The maximum Gasteiger partial charge on any atom is 0.238 e. The van der Waals surface area contributed by atoms with Crippen LogP contribution in [0.4, 0.5) is 5.69 Å². The van der Waals surface area contributed by atoms with E-state index in [2.05, 4.69) is 153 Å². The van der Waals surface area contributed by atoms with Gasteiger partial charge in [-0.15, -0.1) is 0 Å². The molecule has 45 heavy (non-hydrogen) atoms. The number of anilines is 1. The highest BCUT2D eigenvalue weighted by Crippen LogP contribution is 2.48. The van der Waals surface area contributed by atoms with Crippen molar-refractivity contribution in [2.45, 2.75) is 31.7 Å². The number of rotatable bonds is 6. The summed E-state index contributed by atoms with van der Waals surface area (Å²) in [6.45, 7) is 10.2. The van der Waals surface area contributed by atoms with E-state index in [0.717, 1.165) is 47.3 Å². The fraction of sp³-hybridized carbons (Fsp3) is 0.282. The average Bonchev–Trinajstić information content (AvgIpc) is 3.05. The molecule has 2 aliphatic rings. The molecule has 0 bridgehead atoms. The molecule has 0 N–H and O–H groups in total. The molecule has 0 aromatic heterocycles. The predicted octanol–water partition coefficient (Wildman–Crippen LogP) is 7.86. The van der Waals surface area contributed by atoms with E-state index in [0.29, 0.717) is 5.75 Å². The molecule has 0 aliphatic carbocycles. The zero-order valence-corrected chi connectivity index (χ0v) is 28.2. The van der Waals surface area contributed by atoms with Gasteiger partial charge in [0, 0.05) is 31.7 Å². The number of hydrogen-bond donors (Lipinski definition) is 0. The van der Waals surface area contributed by atoms with Crippen molar-refractivity contribution in [3.05, 3.63) is 143 Å². The molecule has 4 aromatic carbocycles. The summed E-state index contributed by atoms with van der Waals surface area (Å²) in [6, 6.07) is 39.0. The molecule has 4 nitrogen and oxygen atoms in total. The Kier molecular flexibility index (Phi) is 9.00. The molecule has 1 fully saturated rings. The van der Waals surface area contributed by atoms with E-state index in [9.17, 15) is 4.79 Å². The first-order valence-electron chi connectivity index (χ1n) is 15.7. The van der Waals surface area contributed by atoms with Gasteiger partial charge in [0.05, 0.1) is 22.4 Å². The van der Waals surface area contributed by atoms with E-state index in [1.54, 1.807) is 0 Å². The van der Waals surface area contributed by atoms with Crippen molar-refractivity contribution < 1.29 is 4.79 Å². The normalized spacial score (nSPS) is 16.6. The Hall–Kier alpha value is -3.71. The molecular formula is C39H41N3OS2. The number of benzene rings is 4. The zero-order chi connectivity index (χ0) is 31.6. The molecule has 2 aliphatic heterocycles. The second-order valence-electron chi connectivity index (χ2n) is 12.6. The molecule has 2 heterocycles. The first kappa shape index (κ1) is 31.3. The Morgan fingerprint density at radius 1 is 0.778 bits per heavy atom. The van der Waals surface area contributed by atoms with Crippen molar-refractivity contribution in [1.29, 1.82) is 0 Å². The number of likely N-dealkylation sites (N-methyl/N-ethyl adjacent to an activating group) is 1. The molecule has 4 aromatic rings. The average molecular weight is 632 g/mol. The second-order valence-corrected chi connectivity index (χ2v) is 14.2. The first-order chi connectivity index (χ1) is 21.7. The molecule has 230 valence electrons. The fourth-order valence-corrected chi connectivity index (χ4v) is 8.15. The Morgan fingerprint density at radius 2 is 1.29 bits per heavy atom. The smallest absolute Gasteiger partial charge is 0.238 e. The summed E-state index contributed by atoms with van der Waals surface area (Å²) in [6.07, 6.45) is 2.23. The van der Waals surface area contributed by atoms with Crippen molar-refractivity contribution >= 4 is 45.5 Å². The van der Waals surface area contributed by atoms with Crippen LogP contribution in [0.5, 0.6) is 0 Å². The summed E-state index contributed by atoms with van der Waals surface area (Å²) in [7, 11) is 2.14. The highest BCUT2D eigenvalue weighted by atomic mass is 32.2. The van der Waals surface area contributed by atoms with Gasteiger partial charge in [-0.05, 0) is 67.8 Å². The van der Waals surface area contributed by atoms with Crippen molar-refractivity contribution in [1.82, 2.24) is 9.80 Å². The van der Waals surface area contributed by atoms with Crippen LogP contribution in [0.15, 0.2) is 115 Å². The Bertz CT molecular complexity index is 1600. The van der Waals surface area contributed by atoms with Gasteiger partial charge in [0.2, 0.25) is 5.91 Å². The zero-order valence-electron chi connectivity index (χ0n) is 26.6. The minimum absolute atomic E-state index is 0.0691. The van der Waals surface area contributed by atoms with Crippen molar-refractivity contribution in [3.8, 4) is 0 Å². The van der Waals surface area contributed by atoms with Crippen LogP contribution in [-0.4, -0.2) is 64.5 Å². The summed E-state index contributed by atoms with van der Waals surface area (Å²) in [5, 5.41) is 0. The maximum atomic E-state index is 14.1. The van der Waals surface area contributed by atoms with E-state index in [1.807, 2.05) is 4.90 Å². The number of carbonyl (C=O) groups excluding carboxylic acids is 1. The number of piperazine rings is 1. The maximum absolute atomic E-state index is 14.1. The summed E-state index contributed by atoms with van der Waals surface area (Å²) < 4.78 is 0.812. The molecule has 6 heteroatoms. The highest BCUT2D eigenvalue weighted by molar-refractivity contribution is 8.23. The first-order valence-corrected chi connectivity index (χ1v) is 17.1. The summed E-state index contributed by atoms with van der Waals surface area (Å²) in [4.78, 5) is 20.6. The van der Waals surface area contributed by atoms with Gasteiger partial charge in [0.1, 0.15) is 4.32 Å². The van der Waals surface area contributed by atoms with Crippen LogP contribution < -0.4 is 4.90 Å². The van der Waals surface area contributed by atoms with Crippen LogP contribution in [0.25, 0.3) is 5.57 Å². The van der Waals surface area contributed by atoms with Crippen molar-refractivity contribution in [2.75, 3.05) is 43.9 Å². The van der Waals surface area contributed by atoms with Gasteiger partial charge < -0.3 is 14.7 Å². The number of carbonyl (C=O) groups is 1. The second kappa shape index (κ2) is 13.0. The van der Waals surface area contributed by atoms with Crippen LogP contribution in [0.1, 0.15) is 48.6 Å². The monoisotopic (exact) mass is 631 g/mol. The topological polar surface area (TPSA) is 26.8 Å². The van der Waals surface area contributed by atoms with Gasteiger partial charge in [-0.25, -0.2) is 0 Å². The fourth-order valence-electron chi connectivity index (χ4n) is 7.05. The van der Waals surface area contributed by atoms with E-state index in [-0.39, 0.29) is 5.91 Å². The SMILES string of the molecule is CC1=CC(C)(C)N(C(=O)CSC(=S)N2CCN(C)CC2)c2ccc(C(c3ccccc3)(c3ccccc3)c3ccccc3)cc21. The van der Waals surface area contributed by atoms with Crippen LogP contribution in [0, 0.1) is 0 Å². The largest absolute Gasteiger partial charge is 0.355 e. The number of thioether (sulfide) groups is 1. The van der Waals surface area contributed by atoms with E-state index < -0.39 is 11.0 Å². The van der Waals surface area contributed by atoms with Gasteiger partial charge in [-0.1, -0.05) is 127 Å². The summed E-state index contributed by atoms with van der Waals surface area (Å²) in [5.74, 6) is 0.379. The molecule has 0 radical (unpaired) electrons. The molecule has 0 atom stereocenters. The molecule has 6 rings (SSSR count). The van der Waals surface area contributed by atoms with Gasteiger partial charge >= 0.3 is 0 Å². The van der Waals surface area contributed by atoms with E-state index in [4.69, 9.17) is 12.2 Å². The van der Waals surface area contributed by atoms with E-state index in [1.165, 1.54) is 34.0 Å². The molecular weight excluding hydrogens is 591 g/mol. The van der Waals surface area contributed by atoms with Crippen LogP contribution in [0.3, 0.4) is 0 Å². The molecule has 1 amide bonds. The van der Waals surface area contributed by atoms with Crippen molar-refractivity contribution in [2.24, 2.45) is 0 Å². The van der Waals surface area contributed by atoms with Crippen LogP contribution in [-0.2, 0) is 10.2 Å². The minimum Gasteiger partial charge on any atom is -0.355 e. The number of nitrogens with zero attached hydrogens (tertiary/aromatic N) is 3. The molecule has 0 saturated carbocycles. The summed E-state index contributed by atoms with van der Waals surface area (Å²) in [5.41, 5.74) is 6.93. The standard InChI is InChI=1S/C39H41N3OS2/c1-29-27-38(2,3)42(36(43)28-45-37(44)41-24-22-40(4)23-25-41)35-21-20-33(26-34(29)35)39(30-14-8-5-9-15-30,31-16-10-6-11-17-31)32-18-12-7-13-19-32/h5-21,26-27H,22-25,28H2,1-4H3. The van der Waals surface area contributed by atoms with Gasteiger partial charge in [0.15, 0.2) is 0 Å². The molecule has 1 saturated heterocycles. The third-order valence-electron chi connectivity index (χ3n) is 9.19. The third-order valence-corrected chi connectivity index (χ3v) is 10.7. The lowest BCUT2D eigenvalue weighted by atomic mass is 9.64. The Balaban J connectivity index is 1.43. The van der Waals surface area contributed by atoms with Crippen LogP contribution >= 0.6 is 24.0 Å². The highest BCUT2D eigenvalue weighted by Gasteiger charge is 2.41.